The molecule has 0 aliphatic rings. The fourth-order valence-electron chi connectivity index (χ4n) is 1.59. The van der Waals surface area contributed by atoms with E-state index in [1.54, 1.807) is 31.2 Å². The molecule has 2 unspecified atom stereocenters. The molecule has 20 heavy (non-hydrogen) atoms. The molecule has 0 spiro atoms. The van der Waals surface area contributed by atoms with Crippen LogP contribution in [-0.2, 0) is 9.59 Å². The van der Waals surface area contributed by atoms with Crippen LogP contribution in [0.25, 0.3) is 0 Å². The number of likely N-dealkylation sites (N-methyl/N-ethyl adjacent to an activating group) is 1. The van der Waals surface area contributed by atoms with Crippen molar-refractivity contribution in [1.82, 2.24) is 4.90 Å². The van der Waals surface area contributed by atoms with Crippen LogP contribution in [0.2, 0.25) is 5.02 Å². The molecular weight excluding hydrogens is 282 g/mol. The zero-order chi connectivity index (χ0) is 15.3. The van der Waals surface area contributed by atoms with Gasteiger partial charge in [-0.1, -0.05) is 30.7 Å². The number of ether oxygens (including phenoxy) is 1. The molecule has 2 atom stereocenters. The standard InChI is InChI=1S/C14H18ClNO4/c1-4-11(13(17)16(3)9(2)14(18)19)20-12-8-6-5-7-10(12)15/h5-9,11H,4H2,1-3H3,(H,18,19). The van der Waals surface area contributed by atoms with Gasteiger partial charge in [0, 0.05) is 7.05 Å². The summed E-state index contributed by atoms with van der Waals surface area (Å²) < 4.78 is 5.59. The third kappa shape index (κ3) is 3.87. The smallest absolute Gasteiger partial charge is 0.326 e. The summed E-state index contributed by atoms with van der Waals surface area (Å²) in [5.74, 6) is -1.04. The third-order valence-electron chi connectivity index (χ3n) is 3.04. The second-order valence-electron chi connectivity index (χ2n) is 4.41. The minimum atomic E-state index is -1.06. The number of halogens is 1. The Kier molecular flexibility index (Phi) is 5.82. The van der Waals surface area contributed by atoms with Crippen molar-refractivity contribution >= 4 is 23.5 Å². The lowest BCUT2D eigenvalue weighted by molar-refractivity contribution is -0.151. The Labute approximate surface area is 123 Å². The fraction of sp³-hybridized carbons (Fsp3) is 0.429. The average Bonchev–Trinajstić information content (AvgIpc) is 2.44. The van der Waals surface area contributed by atoms with Crippen LogP contribution in [0.1, 0.15) is 20.3 Å². The second-order valence-corrected chi connectivity index (χ2v) is 4.82. The first kappa shape index (κ1) is 16.3. The number of carbonyl (C=O) groups excluding carboxylic acids is 1. The molecule has 110 valence electrons. The molecule has 0 saturated carbocycles. The predicted molar refractivity (Wildman–Crippen MR) is 76.0 cm³/mol. The summed E-state index contributed by atoms with van der Waals surface area (Å²) in [5, 5.41) is 9.34. The Morgan fingerprint density at radius 1 is 1.40 bits per heavy atom. The largest absolute Gasteiger partial charge is 0.480 e. The van der Waals surface area contributed by atoms with Crippen LogP contribution in [0, 0.1) is 0 Å². The highest BCUT2D eigenvalue weighted by Crippen LogP contribution is 2.25. The first-order valence-electron chi connectivity index (χ1n) is 6.29. The minimum absolute atomic E-state index is 0.387. The van der Waals surface area contributed by atoms with E-state index in [1.165, 1.54) is 14.0 Å². The van der Waals surface area contributed by atoms with E-state index in [0.717, 1.165) is 4.90 Å². The van der Waals surface area contributed by atoms with Crippen LogP contribution in [-0.4, -0.2) is 41.1 Å². The molecular formula is C14H18ClNO4. The number of amides is 1. The van der Waals surface area contributed by atoms with Crippen LogP contribution in [0.3, 0.4) is 0 Å². The van der Waals surface area contributed by atoms with Gasteiger partial charge in [0.15, 0.2) is 6.10 Å². The lowest BCUT2D eigenvalue weighted by Crippen LogP contribution is -2.46. The summed E-state index contributed by atoms with van der Waals surface area (Å²) in [4.78, 5) is 24.3. The molecule has 0 saturated heterocycles. The summed E-state index contributed by atoms with van der Waals surface area (Å²) >= 11 is 5.98. The van der Waals surface area contributed by atoms with Crippen molar-refractivity contribution in [3.63, 3.8) is 0 Å². The van der Waals surface area contributed by atoms with Crippen LogP contribution in [0.4, 0.5) is 0 Å². The van der Waals surface area contributed by atoms with Gasteiger partial charge in [-0.05, 0) is 25.5 Å². The van der Waals surface area contributed by atoms with Gasteiger partial charge >= 0.3 is 5.97 Å². The lowest BCUT2D eigenvalue weighted by atomic mass is 10.2. The molecule has 0 bridgehead atoms. The number of carbonyl (C=O) groups is 2. The molecule has 0 aliphatic carbocycles. The van der Waals surface area contributed by atoms with Crippen LogP contribution < -0.4 is 4.74 Å². The van der Waals surface area contributed by atoms with Gasteiger partial charge in [-0.25, -0.2) is 4.79 Å². The number of carboxylic acids is 1. The number of benzene rings is 1. The molecule has 0 fully saturated rings. The van der Waals surface area contributed by atoms with Crippen molar-refractivity contribution < 1.29 is 19.4 Å². The monoisotopic (exact) mass is 299 g/mol. The van der Waals surface area contributed by atoms with Crippen molar-refractivity contribution in [3.05, 3.63) is 29.3 Å². The van der Waals surface area contributed by atoms with Crippen molar-refractivity contribution in [2.24, 2.45) is 0 Å². The molecule has 0 heterocycles. The number of hydrogen-bond donors (Lipinski definition) is 1. The van der Waals surface area contributed by atoms with E-state index in [2.05, 4.69) is 0 Å². The quantitative estimate of drug-likeness (QED) is 0.876. The molecule has 0 aromatic heterocycles. The number of carboxylic acid groups (broad SMARTS) is 1. The molecule has 1 aromatic rings. The molecule has 0 radical (unpaired) electrons. The van der Waals surface area contributed by atoms with Crippen molar-refractivity contribution in [2.45, 2.75) is 32.4 Å². The number of para-hydroxylation sites is 1. The first-order valence-corrected chi connectivity index (χ1v) is 6.67. The predicted octanol–water partition coefficient (Wildman–Crippen LogP) is 2.43. The van der Waals surface area contributed by atoms with Gasteiger partial charge in [-0.2, -0.15) is 0 Å². The van der Waals surface area contributed by atoms with Crippen LogP contribution in [0.5, 0.6) is 5.75 Å². The Bertz CT molecular complexity index is 492. The van der Waals surface area contributed by atoms with E-state index in [1.807, 2.05) is 0 Å². The van der Waals surface area contributed by atoms with E-state index >= 15 is 0 Å². The summed E-state index contributed by atoms with van der Waals surface area (Å²) in [7, 11) is 1.44. The van der Waals surface area contributed by atoms with Gasteiger partial charge in [0.2, 0.25) is 0 Å². The maximum atomic E-state index is 12.2. The van der Waals surface area contributed by atoms with E-state index < -0.39 is 18.1 Å². The van der Waals surface area contributed by atoms with Gasteiger partial charge in [-0.3, -0.25) is 4.79 Å². The van der Waals surface area contributed by atoms with Crippen molar-refractivity contribution in [2.75, 3.05) is 7.05 Å². The zero-order valence-electron chi connectivity index (χ0n) is 11.7. The summed E-state index contributed by atoms with van der Waals surface area (Å²) in [6, 6.07) is 5.93. The summed E-state index contributed by atoms with van der Waals surface area (Å²) in [6.45, 7) is 3.24. The molecule has 1 aromatic carbocycles. The highest BCUT2D eigenvalue weighted by molar-refractivity contribution is 6.32. The Hall–Kier alpha value is -1.75. The highest BCUT2D eigenvalue weighted by Gasteiger charge is 2.28. The van der Waals surface area contributed by atoms with Gasteiger partial charge in [0.05, 0.1) is 5.02 Å². The van der Waals surface area contributed by atoms with Gasteiger partial charge in [0.1, 0.15) is 11.8 Å². The molecule has 1 N–H and O–H groups in total. The number of hydrogen-bond acceptors (Lipinski definition) is 3. The lowest BCUT2D eigenvalue weighted by Gasteiger charge is -2.26. The first-order chi connectivity index (χ1) is 9.38. The third-order valence-corrected chi connectivity index (χ3v) is 3.35. The maximum absolute atomic E-state index is 12.2. The van der Waals surface area contributed by atoms with E-state index in [4.69, 9.17) is 21.4 Å². The molecule has 1 rings (SSSR count). The van der Waals surface area contributed by atoms with Crippen molar-refractivity contribution in [3.8, 4) is 5.75 Å². The normalized spacial score (nSPS) is 13.4. The van der Waals surface area contributed by atoms with E-state index in [9.17, 15) is 9.59 Å². The SMILES string of the molecule is CCC(Oc1ccccc1Cl)C(=O)N(C)C(C)C(=O)O. The Morgan fingerprint density at radius 3 is 2.50 bits per heavy atom. The van der Waals surface area contributed by atoms with Gasteiger partial charge in [-0.15, -0.1) is 0 Å². The fourth-order valence-corrected chi connectivity index (χ4v) is 1.77. The van der Waals surface area contributed by atoms with E-state index in [0.29, 0.717) is 17.2 Å². The summed E-state index contributed by atoms with van der Waals surface area (Å²) in [6.07, 6.45) is -0.345. The minimum Gasteiger partial charge on any atom is -0.480 e. The number of rotatable bonds is 6. The zero-order valence-corrected chi connectivity index (χ0v) is 12.4. The highest BCUT2D eigenvalue weighted by atomic mass is 35.5. The maximum Gasteiger partial charge on any atom is 0.326 e. The molecule has 5 nitrogen and oxygen atoms in total. The van der Waals surface area contributed by atoms with Crippen LogP contribution >= 0.6 is 11.6 Å². The van der Waals surface area contributed by atoms with E-state index in [-0.39, 0.29) is 5.91 Å². The number of nitrogens with zero attached hydrogens (tertiary/aromatic N) is 1. The molecule has 6 heteroatoms. The molecule has 0 aliphatic heterocycles. The van der Waals surface area contributed by atoms with Gasteiger partial charge < -0.3 is 14.7 Å². The number of aliphatic carboxylic acids is 1. The topological polar surface area (TPSA) is 66.8 Å². The van der Waals surface area contributed by atoms with Crippen LogP contribution in [0.15, 0.2) is 24.3 Å². The Balaban J connectivity index is 2.83. The average molecular weight is 300 g/mol. The Morgan fingerprint density at radius 2 is 2.00 bits per heavy atom. The summed E-state index contributed by atoms with van der Waals surface area (Å²) in [5.41, 5.74) is 0. The molecule has 1 amide bonds. The van der Waals surface area contributed by atoms with Gasteiger partial charge in [0.25, 0.3) is 5.91 Å². The second kappa shape index (κ2) is 7.14. The van der Waals surface area contributed by atoms with Crippen molar-refractivity contribution in [1.29, 1.82) is 0 Å².